The quantitative estimate of drug-likeness (QED) is 0.126. The third kappa shape index (κ3) is 12.1. The van der Waals surface area contributed by atoms with Crippen molar-refractivity contribution in [1.82, 2.24) is 0 Å². The van der Waals surface area contributed by atoms with Crippen LogP contribution in [0.5, 0.6) is 0 Å². The summed E-state index contributed by atoms with van der Waals surface area (Å²) in [4.78, 5) is 0. The molecule has 0 aliphatic carbocycles. The molecule has 1 aliphatic rings. The van der Waals surface area contributed by atoms with E-state index < -0.39 is 16.5 Å². The van der Waals surface area contributed by atoms with Gasteiger partial charge in [-0.1, -0.05) is 83.4 Å². The molecule has 7 heteroatoms. The highest BCUT2D eigenvalue weighted by molar-refractivity contribution is 7.80. The van der Waals surface area contributed by atoms with Crippen molar-refractivity contribution >= 4 is 16.6 Å². The first-order valence-corrected chi connectivity index (χ1v) is 14.1. The van der Waals surface area contributed by atoms with Gasteiger partial charge < -0.3 is 9.29 Å². The standard InChI is InChI=1S/C26H43NO5S/c1-3-5-7-8-10-14-23(13-9-6-4-2)21-31-22-26(32-33(28,29)30)20-27-18-17-24-15-11-12-16-25(24)19-27/h11-12,15-16,19,23,26H,3-10,13-14,17-18,20-22H2,1-2H3. The van der Waals surface area contributed by atoms with E-state index in [1.54, 1.807) is 0 Å². The largest absolute Gasteiger partial charge is 0.726 e. The number of fused-ring (bicyclic) bond motifs is 1. The first kappa shape index (κ1) is 28.0. The summed E-state index contributed by atoms with van der Waals surface area (Å²) in [6.45, 7) is 6.19. The molecule has 0 N–H and O–H groups in total. The Kier molecular flexibility index (Phi) is 13.2. The highest BCUT2D eigenvalue weighted by atomic mass is 32.3. The van der Waals surface area contributed by atoms with Gasteiger partial charge in [0, 0.05) is 18.6 Å². The first-order chi connectivity index (χ1) is 15.9. The fourth-order valence-corrected chi connectivity index (χ4v) is 4.94. The number of hydrogen-bond acceptors (Lipinski definition) is 5. The van der Waals surface area contributed by atoms with Crippen LogP contribution in [0.1, 0.15) is 89.2 Å². The fourth-order valence-electron chi connectivity index (χ4n) is 4.49. The van der Waals surface area contributed by atoms with Gasteiger partial charge in [0.05, 0.1) is 6.61 Å². The normalized spacial score (nSPS) is 15.7. The molecule has 0 radical (unpaired) electrons. The van der Waals surface area contributed by atoms with Gasteiger partial charge in [0.1, 0.15) is 6.54 Å². The average molecular weight is 482 g/mol. The maximum Gasteiger partial charge on any atom is 0.218 e. The summed E-state index contributed by atoms with van der Waals surface area (Å²) >= 11 is 0. The Hall–Kier alpha value is -1.28. The number of ether oxygens (including phenoxy) is 1. The molecule has 0 saturated heterocycles. The highest BCUT2D eigenvalue weighted by Gasteiger charge is 2.23. The second-order valence-electron chi connectivity index (χ2n) is 9.30. The average Bonchev–Trinajstić information content (AvgIpc) is 2.77. The second-order valence-corrected chi connectivity index (χ2v) is 10.3. The Labute approximate surface area is 201 Å². The molecule has 0 saturated carbocycles. The van der Waals surface area contributed by atoms with Crippen molar-refractivity contribution in [3.8, 4) is 0 Å². The van der Waals surface area contributed by atoms with E-state index in [1.807, 2.05) is 29.0 Å². The molecule has 0 fully saturated rings. The van der Waals surface area contributed by atoms with Gasteiger partial charge in [0.15, 0.2) is 18.9 Å². The predicted octanol–water partition coefficient (Wildman–Crippen LogP) is 5.09. The van der Waals surface area contributed by atoms with Crippen molar-refractivity contribution in [3.63, 3.8) is 0 Å². The van der Waals surface area contributed by atoms with E-state index in [0.717, 1.165) is 31.4 Å². The molecule has 0 spiro atoms. The number of unbranched alkanes of at least 4 members (excludes halogenated alkanes) is 6. The third-order valence-corrected chi connectivity index (χ3v) is 6.83. The molecule has 0 amide bonds. The van der Waals surface area contributed by atoms with E-state index in [-0.39, 0.29) is 6.61 Å². The monoisotopic (exact) mass is 481 g/mol. The highest BCUT2D eigenvalue weighted by Crippen LogP contribution is 2.19. The molecule has 1 aromatic carbocycles. The molecule has 33 heavy (non-hydrogen) atoms. The van der Waals surface area contributed by atoms with Gasteiger partial charge in [0.25, 0.3) is 0 Å². The van der Waals surface area contributed by atoms with Crippen LogP contribution in [0.25, 0.3) is 0 Å². The first-order valence-electron chi connectivity index (χ1n) is 12.8. The summed E-state index contributed by atoms with van der Waals surface area (Å²) in [6.07, 6.45) is 14.2. The summed E-state index contributed by atoms with van der Waals surface area (Å²) in [7, 11) is -4.80. The van der Waals surface area contributed by atoms with Gasteiger partial charge in [-0.05, 0) is 30.4 Å². The molecule has 188 valence electrons. The molecule has 1 aromatic rings. The summed E-state index contributed by atoms with van der Waals surface area (Å²) < 4.78 is 46.8. The van der Waals surface area contributed by atoms with Gasteiger partial charge in [-0.25, -0.2) is 13.0 Å². The van der Waals surface area contributed by atoms with E-state index in [4.69, 9.17) is 8.92 Å². The van der Waals surface area contributed by atoms with Gasteiger partial charge in [-0.2, -0.15) is 0 Å². The second kappa shape index (κ2) is 15.6. The topological polar surface area (TPSA) is 78.7 Å². The minimum atomic E-state index is -4.80. The minimum Gasteiger partial charge on any atom is -0.726 e. The summed E-state index contributed by atoms with van der Waals surface area (Å²) in [5.41, 5.74) is 2.39. The molecule has 2 atom stereocenters. The molecule has 1 heterocycles. The maximum absolute atomic E-state index is 11.3. The number of benzene rings is 1. The van der Waals surface area contributed by atoms with Crippen LogP contribution in [0, 0.1) is 5.92 Å². The smallest absolute Gasteiger partial charge is 0.218 e. The van der Waals surface area contributed by atoms with E-state index in [2.05, 4.69) is 19.9 Å². The SMILES string of the molecule is CCCCCCCC(CCCCC)COCC(C[N+]1=Cc2ccccc2CC1)OS(=O)(=O)[O-]. The Morgan fingerprint density at radius 2 is 1.64 bits per heavy atom. The molecular formula is C26H43NO5S. The van der Waals surface area contributed by atoms with Gasteiger partial charge in [-0.3, -0.25) is 4.18 Å². The summed E-state index contributed by atoms with van der Waals surface area (Å²) in [5, 5.41) is 0. The van der Waals surface area contributed by atoms with E-state index in [9.17, 15) is 13.0 Å². The van der Waals surface area contributed by atoms with Crippen LogP contribution in [0.2, 0.25) is 0 Å². The van der Waals surface area contributed by atoms with Crippen molar-refractivity contribution < 1.29 is 26.5 Å². The molecule has 2 rings (SSSR count). The number of nitrogens with zero attached hydrogens (tertiary/aromatic N) is 1. The van der Waals surface area contributed by atoms with Crippen LogP contribution in [0.15, 0.2) is 24.3 Å². The van der Waals surface area contributed by atoms with E-state index >= 15 is 0 Å². The zero-order valence-electron chi connectivity index (χ0n) is 20.5. The van der Waals surface area contributed by atoms with E-state index in [0.29, 0.717) is 19.1 Å². The minimum absolute atomic E-state index is 0.105. The number of hydrogen-bond donors (Lipinski definition) is 0. The van der Waals surface area contributed by atoms with Crippen LogP contribution < -0.4 is 0 Å². The Balaban J connectivity index is 1.89. The number of rotatable bonds is 18. The molecule has 6 nitrogen and oxygen atoms in total. The Morgan fingerprint density at radius 1 is 0.970 bits per heavy atom. The van der Waals surface area contributed by atoms with Gasteiger partial charge in [0.2, 0.25) is 10.4 Å². The van der Waals surface area contributed by atoms with Crippen LogP contribution in [0.4, 0.5) is 0 Å². The van der Waals surface area contributed by atoms with Crippen LogP contribution in [-0.2, 0) is 25.7 Å². The van der Waals surface area contributed by atoms with Crippen molar-refractivity contribution in [2.45, 2.75) is 90.6 Å². The molecular weight excluding hydrogens is 438 g/mol. The lowest BCUT2D eigenvalue weighted by atomic mass is 9.95. The van der Waals surface area contributed by atoms with Crippen molar-refractivity contribution in [3.05, 3.63) is 35.4 Å². The molecule has 0 aromatic heterocycles. The van der Waals surface area contributed by atoms with E-state index in [1.165, 1.54) is 56.9 Å². The van der Waals surface area contributed by atoms with Crippen LogP contribution in [0.3, 0.4) is 0 Å². The zero-order valence-corrected chi connectivity index (χ0v) is 21.4. The Morgan fingerprint density at radius 3 is 2.36 bits per heavy atom. The maximum atomic E-state index is 11.3. The fraction of sp³-hybridized carbons (Fsp3) is 0.731. The molecule has 0 bridgehead atoms. The molecule has 2 unspecified atom stereocenters. The van der Waals surface area contributed by atoms with Gasteiger partial charge in [-0.15, -0.1) is 0 Å². The summed E-state index contributed by atoms with van der Waals surface area (Å²) in [5.74, 6) is 0.469. The van der Waals surface area contributed by atoms with Crippen LogP contribution in [-0.4, -0.2) is 56.2 Å². The Bertz CT molecular complexity index is 809. The van der Waals surface area contributed by atoms with Crippen molar-refractivity contribution in [2.24, 2.45) is 5.92 Å². The van der Waals surface area contributed by atoms with Crippen molar-refractivity contribution in [1.29, 1.82) is 0 Å². The zero-order chi connectivity index (χ0) is 23.9. The van der Waals surface area contributed by atoms with Crippen molar-refractivity contribution in [2.75, 3.05) is 26.3 Å². The van der Waals surface area contributed by atoms with Gasteiger partial charge >= 0.3 is 0 Å². The lowest BCUT2D eigenvalue weighted by Gasteiger charge is -2.22. The lowest BCUT2D eigenvalue weighted by Crippen LogP contribution is -2.36. The molecule has 1 aliphatic heterocycles. The third-order valence-electron chi connectivity index (χ3n) is 6.33. The summed E-state index contributed by atoms with van der Waals surface area (Å²) in [6, 6.07) is 8.15. The predicted molar refractivity (Wildman–Crippen MR) is 132 cm³/mol. The lowest BCUT2D eigenvalue weighted by molar-refractivity contribution is -0.532. The van der Waals surface area contributed by atoms with Crippen LogP contribution >= 0.6 is 0 Å².